The zero-order chi connectivity index (χ0) is 14.1. The molecule has 20 heavy (non-hydrogen) atoms. The largest absolute Gasteiger partial charge is 0.304 e. The van der Waals surface area contributed by atoms with Gasteiger partial charge in [-0.3, -0.25) is 4.21 Å². The highest BCUT2D eigenvalue weighted by atomic mass is 32.2. The van der Waals surface area contributed by atoms with Gasteiger partial charge in [0.25, 0.3) is 0 Å². The summed E-state index contributed by atoms with van der Waals surface area (Å²) < 4.78 is 14.2. The van der Waals surface area contributed by atoms with Crippen molar-refractivity contribution in [2.24, 2.45) is 0 Å². The number of aromatic nitrogens is 3. The molecule has 0 fully saturated rings. The highest BCUT2D eigenvalue weighted by Gasteiger charge is 2.09. The first-order chi connectivity index (χ1) is 9.61. The Bertz CT molecular complexity index is 776. The van der Waals surface area contributed by atoms with Gasteiger partial charge in [0.05, 0.1) is 27.9 Å². The van der Waals surface area contributed by atoms with Crippen LogP contribution in [-0.2, 0) is 22.3 Å². The Kier molecular flexibility index (Phi) is 3.67. The molecule has 0 aliphatic heterocycles. The van der Waals surface area contributed by atoms with Crippen molar-refractivity contribution in [2.45, 2.75) is 25.4 Å². The fourth-order valence-corrected chi connectivity index (χ4v) is 3.89. The molecule has 3 rings (SSSR count). The average Bonchev–Trinajstić information content (AvgIpc) is 2.96. The normalized spacial score (nSPS) is 12.9. The molecular weight excluding hydrogens is 290 g/mol. The first kappa shape index (κ1) is 13.5. The van der Waals surface area contributed by atoms with Gasteiger partial charge in [-0.2, -0.15) is 0 Å². The Balaban J connectivity index is 1.75. The summed E-state index contributed by atoms with van der Waals surface area (Å²) in [5.41, 5.74) is 3.80. The molecule has 0 spiro atoms. The third-order valence-corrected chi connectivity index (χ3v) is 5.09. The minimum atomic E-state index is -0.974. The minimum absolute atomic E-state index is 0.470. The molecule has 0 bridgehead atoms. The number of hydrogen-bond acceptors (Lipinski definition) is 4. The van der Waals surface area contributed by atoms with Gasteiger partial charge in [-0.25, -0.2) is 9.97 Å². The van der Waals surface area contributed by atoms with Gasteiger partial charge in [-0.15, -0.1) is 11.3 Å². The van der Waals surface area contributed by atoms with E-state index in [1.807, 2.05) is 48.0 Å². The van der Waals surface area contributed by atoms with Crippen LogP contribution in [0.4, 0.5) is 0 Å². The van der Waals surface area contributed by atoms with Gasteiger partial charge in [0.15, 0.2) is 0 Å². The molecule has 3 aromatic heterocycles. The van der Waals surface area contributed by atoms with Crippen LogP contribution in [0.25, 0.3) is 5.65 Å². The first-order valence-electron chi connectivity index (χ1n) is 6.31. The Hall–Kier alpha value is -1.53. The van der Waals surface area contributed by atoms with Crippen molar-refractivity contribution in [1.82, 2.24) is 14.4 Å². The van der Waals surface area contributed by atoms with Crippen LogP contribution < -0.4 is 0 Å². The van der Waals surface area contributed by atoms with E-state index in [0.717, 1.165) is 27.7 Å². The second-order valence-electron chi connectivity index (χ2n) is 4.71. The minimum Gasteiger partial charge on any atom is -0.304 e. The monoisotopic (exact) mass is 305 g/mol. The lowest BCUT2D eigenvalue weighted by Gasteiger charge is -1.97. The van der Waals surface area contributed by atoms with Crippen LogP contribution in [0.5, 0.6) is 0 Å². The van der Waals surface area contributed by atoms with Gasteiger partial charge in [-0.1, -0.05) is 6.07 Å². The fourth-order valence-electron chi connectivity index (χ4n) is 2.12. The van der Waals surface area contributed by atoms with E-state index in [1.165, 1.54) is 0 Å². The molecule has 0 unspecified atom stereocenters. The van der Waals surface area contributed by atoms with Crippen LogP contribution >= 0.6 is 11.3 Å². The van der Waals surface area contributed by atoms with Gasteiger partial charge in [0.2, 0.25) is 0 Å². The van der Waals surface area contributed by atoms with E-state index in [-0.39, 0.29) is 0 Å². The molecule has 0 amide bonds. The lowest BCUT2D eigenvalue weighted by atomic mass is 10.4. The van der Waals surface area contributed by atoms with Crippen LogP contribution in [-0.4, -0.2) is 18.6 Å². The number of hydrogen-bond donors (Lipinski definition) is 0. The summed E-state index contributed by atoms with van der Waals surface area (Å²) in [5.74, 6) is 0.967. The summed E-state index contributed by atoms with van der Waals surface area (Å²) in [5, 5.41) is 2.99. The van der Waals surface area contributed by atoms with Gasteiger partial charge in [-0.05, 0) is 26.0 Å². The van der Waals surface area contributed by atoms with Gasteiger partial charge < -0.3 is 4.40 Å². The second-order valence-corrected chi connectivity index (χ2v) is 7.23. The van der Waals surface area contributed by atoms with Crippen molar-refractivity contribution in [1.29, 1.82) is 0 Å². The molecule has 0 saturated carbocycles. The number of imidazole rings is 1. The van der Waals surface area contributed by atoms with Crippen molar-refractivity contribution >= 4 is 27.8 Å². The smallest absolute Gasteiger partial charge is 0.137 e. The van der Waals surface area contributed by atoms with E-state index in [0.29, 0.717) is 11.5 Å². The van der Waals surface area contributed by atoms with Crippen LogP contribution in [0.3, 0.4) is 0 Å². The second kappa shape index (κ2) is 5.46. The molecule has 104 valence electrons. The Labute approximate surface area is 124 Å². The van der Waals surface area contributed by atoms with E-state index in [1.54, 1.807) is 11.3 Å². The van der Waals surface area contributed by atoms with Crippen molar-refractivity contribution in [3.63, 3.8) is 0 Å². The number of aryl methyl sites for hydroxylation is 2. The highest BCUT2D eigenvalue weighted by Crippen LogP contribution is 2.14. The Morgan fingerprint density at radius 1 is 1.20 bits per heavy atom. The summed E-state index contributed by atoms with van der Waals surface area (Å²) in [4.78, 5) is 8.86. The molecule has 0 aromatic carbocycles. The van der Waals surface area contributed by atoms with E-state index in [9.17, 15) is 4.21 Å². The number of rotatable bonds is 4. The third-order valence-electron chi connectivity index (χ3n) is 3.03. The lowest BCUT2D eigenvalue weighted by molar-refractivity contribution is 0.681. The van der Waals surface area contributed by atoms with Gasteiger partial charge >= 0.3 is 0 Å². The van der Waals surface area contributed by atoms with Crippen molar-refractivity contribution in [3.8, 4) is 0 Å². The van der Waals surface area contributed by atoms with Gasteiger partial charge in [0, 0.05) is 28.1 Å². The summed E-state index contributed by atoms with van der Waals surface area (Å²) >= 11 is 1.59. The number of thiazole rings is 1. The molecule has 0 aliphatic rings. The van der Waals surface area contributed by atoms with E-state index in [2.05, 4.69) is 9.97 Å². The van der Waals surface area contributed by atoms with E-state index < -0.39 is 10.8 Å². The maximum Gasteiger partial charge on any atom is 0.137 e. The zero-order valence-electron chi connectivity index (χ0n) is 11.4. The topological polar surface area (TPSA) is 47.3 Å². The van der Waals surface area contributed by atoms with Crippen LogP contribution in [0.1, 0.15) is 22.1 Å². The van der Waals surface area contributed by atoms with Crippen LogP contribution in [0, 0.1) is 13.8 Å². The molecule has 0 saturated heterocycles. The quantitative estimate of drug-likeness (QED) is 0.744. The molecule has 1 atom stereocenters. The summed E-state index contributed by atoms with van der Waals surface area (Å²) in [7, 11) is -0.974. The average molecular weight is 305 g/mol. The molecule has 4 nitrogen and oxygen atoms in total. The van der Waals surface area contributed by atoms with Gasteiger partial charge in [0.1, 0.15) is 5.65 Å². The van der Waals surface area contributed by atoms with Crippen molar-refractivity contribution in [3.05, 3.63) is 51.9 Å². The summed E-state index contributed by atoms with van der Waals surface area (Å²) in [6.45, 7) is 4.00. The lowest BCUT2D eigenvalue weighted by Crippen LogP contribution is -2.00. The fraction of sp³-hybridized carbons (Fsp3) is 0.286. The third kappa shape index (κ3) is 2.81. The molecular formula is C14H15N3OS2. The zero-order valence-corrected chi connectivity index (χ0v) is 13.0. The number of fused-ring (bicyclic) bond motifs is 1. The van der Waals surface area contributed by atoms with E-state index >= 15 is 0 Å². The maximum absolute atomic E-state index is 12.2. The maximum atomic E-state index is 12.2. The first-order valence-corrected chi connectivity index (χ1v) is 8.68. The predicted molar refractivity (Wildman–Crippen MR) is 82.3 cm³/mol. The molecule has 0 radical (unpaired) electrons. The Morgan fingerprint density at radius 2 is 2.00 bits per heavy atom. The molecule has 3 aromatic rings. The standard InChI is InChI=1S/C14H15N3OS2/c1-10-4-3-5-14-16-12(6-17(10)14)8-20(18)9-13-7-19-11(2)15-13/h3-7H,8-9H2,1-2H3/t20-/m0/s1. The SMILES string of the molecule is Cc1nc(C[S@@](=O)Cc2cn3c(C)cccc3n2)cs1. The van der Waals surface area contributed by atoms with Crippen LogP contribution in [0.2, 0.25) is 0 Å². The predicted octanol–water partition coefficient (Wildman–Crippen LogP) is 2.86. The van der Waals surface area contributed by atoms with E-state index in [4.69, 9.17) is 0 Å². The molecule has 3 heterocycles. The molecule has 0 N–H and O–H groups in total. The van der Waals surface area contributed by atoms with Crippen molar-refractivity contribution in [2.75, 3.05) is 0 Å². The molecule has 0 aliphatic carbocycles. The summed E-state index contributed by atoms with van der Waals surface area (Å²) in [6.07, 6.45) is 1.97. The number of nitrogens with zero attached hydrogens (tertiary/aromatic N) is 3. The van der Waals surface area contributed by atoms with Crippen molar-refractivity contribution < 1.29 is 4.21 Å². The highest BCUT2D eigenvalue weighted by molar-refractivity contribution is 7.83. The summed E-state index contributed by atoms with van der Waals surface area (Å²) in [6, 6.07) is 5.98. The Morgan fingerprint density at radius 3 is 2.70 bits per heavy atom. The number of pyridine rings is 1. The molecule has 6 heteroatoms. The van der Waals surface area contributed by atoms with Crippen LogP contribution in [0.15, 0.2) is 29.8 Å².